The normalized spacial score (nSPS) is 10.7. The fourth-order valence-corrected chi connectivity index (χ4v) is 2.63. The van der Waals surface area contributed by atoms with Gasteiger partial charge in [-0.25, -0.2) is 5.43 Å². The number of amides is 1. The van der Waals surface area contributed by atoms with Gasteiger partial charge in [0.25, 0.3) is 5.91 Å². The molecule has 0 radical (unpaired) electrons. The largest absolute Gasteiger partial charge is 0.497 e. The number of methoxy groups -OCH3 is 1. The average molecular weight is 388 g/mol. The van der Waals surface area contributed by atoms with Crippen LogP contribution in [0.3, 0.4) is 0 Å². The van der Waals surface area contributed by atoms with Crippen molar-refractivity contribution in [1.82, 2.24) is 5.43 Å². The molecule has 0 heterocycles. The molecular formula is C16H13Cl3N2O3. The van der Waals surface area contributed by atoms with Crippen molar-refractivity contribution in [3.63, 3.8) is 0 Å². The molecular weight excluding hydrogens is 375 g/mol. The van der Waals surface area contributed by atoms with Gasteiger partial charge in [-0.2, -0.15) is 5.10 Å². The molecule has 0 bridgehead atoms. The van der Waals surface area contributed by atoms with Gasteiger partial charge in [0.15, 0.2) is 12.4 Å². The molecule has 0 saturated carbocycles. The number of carbonyl (C=O) groups excluding carboxylic acids is 1. The summed E-state index contributed by atoms with van der Waals surface area (Å²) < 4.78 is 10.3. The van der Waals surface area contributed by atoms with Crippen molar-refractivity contribution in [3.8, 4) is 11.5 Å². The van der Waals surface area contributed by atoms with Gasteiger partial charge in [-0.1, -0.05) is 34.8 Å². The van der Waals surface area contributed by atoms with E-state index in [0.29, 0.717) is 5.02 Å². The maximum Gasteiger partial charge on any atom is 0.277 e. The van der Waals surface area contributed by atoms with Crippen LogP contribution < -0.4 is 14.9 Å². The van der Waals surface area contributed by atoms with Crippen molar-refractivity contribution < 1.29 is 14.3 Å². The van der Waals surface area contributed by atoms with E-state index in [2.05, 4.69) is 10.5 Å². The molecule has 24 heavy (non-hydrogen) atoms. The van der Waals surface area contributed by atoms with E-state index in [4.69, 9.17) is 44.3 Å². The number of carbonyl (C=O) groups is 1. The molecule has 1 amide bonds. The molecule has 2 rings (SSSR count). The van der Waals surface area contributed by atoms with Crippen LogP contribution in [-0.4, -0.2) is 25.8 Å². The molecule has 0 saturated heterocycles. The van der Waals surface area contributed by atoms with Crippen molar-refractivity contribution in [2.45, 2.75) is 0 Å². The topological polar surface area (TPSA) is 59.9 Å². The summed E-state index contributed by atoms with van der Waals surface area (Å²) >= 11 is 17.7. The van der Waals surface area contributed by atoms with Crippen molar-refractivity contribution in [1.29, 1.82) is 0 Å². The Bertz CT molecular complexity index is 726. The van der Waals surface area contributed by atoms with E-state index >= 15 is 0 Å². The zero-order chi connectivity index (χ0) is 17.5. The lowest BCUT2D eigenvalue weighted by Gasteiger charge is -2.09. The first-order valence-corrected chi connectivity index (χ1v) is 7.86. The molecule has 126 valence electrons. The maximum absolute atomic E-state index is 11.7. The minimum atomic E-state index is -0.457. The molecule has 0 aliphatic carbocycles. The Kier molecular flexibility index (Phi) is 6.73. The first-order chi connectivity index (χ1) is 11.5. The quantitative estimate of drug-likeness (QED) is 0.597. The van der Waals surface area contributed by atoms with Crippen LogP contribution in [0.5, 0.6) is 11.5 Å². The van der Waals surface area contributed by atoms with E-state index in [-0.39, 0.29) is 22.4 Å². The van der Waals surface area contributed by atoms with Crippen LogP contribution in [0.1, 0.15) is 5.56 Å². The van der Waals surface area contributed by atoms with Gasteiger partial charge in [0.05, 0.1) is 23.4 Å². The van der Waals surface area contributed by atoms with Gasteiger partial charge in [0.2, 0.25) is 0 Å². The molecule has 0 aliphatic heterocycles. The van der Waals surface area contributed by atoms with Crippen molar-refractivity contribution >= 4 is 46.9 Å². The number of ether oxygens (including phenoxy) is 2. The molecule has 0 aliphatic rings. The van der Waals surface area contributed by atoms with Crippen LogP contribution in [-0.2, 0) is 4.79 Å². The lowest BCUT2D eigenvalue weighted by atomic mass is 10.2. The lowest BCUT2D eigenvalue weighted by molar-refractivity contribution is -0.123. The summed E-state index contributed by atoms with van der Waals surface area (Å²) in [6.07, 6.45) is 1.50. The number of halogens is 3. The molecule has 2 aromatic carbocycles. The summed E-state index contributed by atoms with van der Waals surface area (Å²) in [5, 5.41) is 4.66. The van der Waals surface area contributed by atoms with E-state index in [1.54, 1.807) is 31.4 Å². The van der Waals surface area contributed by atoms with Crippen LogP contribution in [0.4, 0.5) is 0 Å². The highest BCUT2D eigenvalue weighted by Gasteiger charge is 2.11. The standard InChI is InChI=1S/C16H13Cl3N2O3/c1-23-12-4-2-10(3-5-12)8-20-21-15(22)9-24-16-13(18)6-11(17)7-14(16)19/h2-8H,9H2,1H3,(H,21,22). The number of rotatable bonds is 6. The Balaban J connectivity index is 1.86. The molecule has 8 heteroatoms. The first-order valence-electron chi connectivity index (χ1n) is 6.73. The number of nitrogens with one attached hydrogen (secondary N) is 1. The Morgan fingerprint density at radius 1 is 1.17 bits per heavy atom. The minimum Gasteiger partial charge on any atom is -0.497 e. The lowest BCUT2D eigenvalue weighted by Crippen LogP contribution is -2.24. The predicted octanol–water partition coefficient (Wildman–Crippen LogP) is 4.18. The van der Waals surface area contributed by atoms with E-state index < -0.39 is 5.91 Å². The zero-order valence-electron chi connectivity index (χ0n) is 12.6. The number of hydrazone groups is 1. The van der Waals surface area contributed by atoms with Gasteiger partial charge in [0, 0.05) is 5.02 Å². The van der Waals surface area contributed by atoms with E-state index in [1.807, 2.05) is 0 Å². The average Bonchev–Trinajstić information content (AvgIpc) is 2.54. The summed E-state index contributed by atoms with van der Waals surface area (Å²) in [5.41, 5.74) is 3.15. The van der Waals surface area contributed by atoms with Gasteiger partial charge in [0.1, 0.15) is 5.75 Å². The molecule has 2 aromatic rings. The zero-order valence-corrected chi connectivity index (χ0v) is 14.8. The molecule has 0 fully saturated rings. The molecule has 0 unspecified atom stereocenters. The summed E-state index contributed by atoms with van der Waals surface area (Å²) in [6.45, 7) is -0.291. The SMILES string of the molecule is COc1ccc(C=NNC(=O)COc2c(Cl)cc(Cl)cc2Cl)cc1. The Labute approximate surface area is 154 Å². The summed E-state index contributed by atoms with van der Waals surface area (Å²) in [7, 11) is 1.59. The number of nitrogens with zero attached hydrogens (tertiary/aromatic N) is 1. The smallest absolute Gasteiger partial charge is 0.277 e. The van der Waals surface area contributed by atoms with Crippen molar-refractivity contribution in [2.24, 2.45) is 5.10 Å². The highest BCUT2D eigenvalue weighted by Crippen LogP contribution is 2.35. The highest BCUT2D eigenvalue weighted by atomic mass is 35.5. The van der Waals surface area contributed by atoms with E-state index in [1.165, 1.54) is 18.3 Å². The van der Waals surface area contributed by atoms with E-state index in [0.717, 1.165) is 11.3 Å². The van der Waals surface area contributed by atoms with Crippen LogP contribution in [0.15, 0.2) is 41.5 Å². The minimum absolute atomic E-state index is 0.192. The second kappa shape index (κ2) is 8.78. The Hall–Kier alpha value is -1.95. The molecule has 1 N–H and O–H groups in total. The van der Waals surface area contributed by atoms with Crippen molar-refractivity contribution in [2.75, 3.05) is 13.7 Å². The van der Waals surface area contributed by atoms with Gasteiger partial charge in [-0.05, 0) is 42.0 Å². The second-order valence-electron chi connectivity index (χ2n) is 4.55. The van der Waals surface area contributed by atoms with Crippen molar-refractivity contribution in [3.05, 3.63) is 57.0 Å². The molecule has 5 nitrogen and oxygen atoms in total. The Morgan fingerprint density at radius 2 is 1.79 bits per heavy atom. The van der Waals surface area contributed by atoms with Crippen LogP contribution in [0.25, 0.3) is 0 Å². The summed E-state index contributed by atoms with van der Waals surface area (Å²) in [5.74, 6) is 0.472. The fraction of sp³-hybridized carbons (Fsp3) is 0.125. The second-order valence-corrected chi connectivity index (χ2v) is 5.80. The van der Waals surface area contributed by atoms with Crippen LogP contribution in [0.2, 0.25) is 15.1 Å². The molecule has 0 spiro atoms. The van der Waals surface area contributed by atoms with Crippen LogP contribution >= 0.6 is 34.8 Å². The highest BCUT2D eigenvalue weighted by molar-refractivity contribution is 6.40. The van der Waals surface area contributed by atoms with Gasteiger partial charge < -0.3 is 9.47 Å². The molecule has 0 atom stereocenters. The fourth-order valence-electron chi connectivity index (χ4n) is 1.71. The van der Waals surface area contributed by atoms with Crippen LogP contribution in [0, 0.1) is 0 Å². The van der Waals surface area contributed by atoms with Gasteiger partial charge >= 0.3 is 0 Å². The first kappa shape index (κ1) is 18.4. The Morgan fingerprint density at radius 3 is 2.38 bits per heavy atom. The predicted molar refractivity (Wildman–Crippen MR) is 95.7 cm³/mol. The maximum atomic E-state index is 11.7. The number of hydrogen-bond acceptors (Lipinski definition) is 4. The third-order valence-electron chi connectivity index (χ3n) is 2.83. The molecule has 0 aromatic heterocycles. The summed E-state index contributed by atoms with van der Waals surface area (Å²) in [6, 6.07) is 10.1. The van der Waals surface area contributed by atoms with Gasteiger partial charge in [-0.3, -0.25) is 4.79 Å². The third kappa shape index (κ3) is 5.30. The monoisotopic (exact) mass is 386 g/mol. The number of hydrogen-bond donors (Lipinski definition) is 1. The van der Waals surface area contributed by atoms with E-state index in [9.17, 15) is 4.79 Å². The third-order valence-corrected chi connectivity index (χ3v) is 3.61. The summed E-state index contributed by atoms with van der Waals surface area (Å²) in [4.78, 5) is 11.7. The van der Waals surface area contributed by atoms with Gasteiger partial charge in [-0.15, -0.1) is 0 Å². The number of benzene rings is 2.